The molecule has 0 saturated carbocycles. The van der Waals surface area contributed by atoms with E-state index in [2.05, 4.69) is 66.4 Å². The van der Waals surface area contributed by atoms with Crippen LogP contribution in [0.15, 0.2) is 54.6 Å². The Morgan fingerprint density at radius 3 is 2.24 bits per heavy atom. The third-order valence-corrected chi connectivity index (χ3v) is 3.01. The number of rotatable bonds is 0. The molecule has 0 aliphatic heterocycles. The summed E-state index contributed by atoms with van der Waals surface area (Å²) in [5, 5.41) is 5.04. The Morgan fingerprint density at radius 2 is 1.47 bits per heavy atom. The van der Waals surface area contributed by atoms with Crippen molar-refractivity contribution in [1.82, 2.24) is 0 Å². The zero-order valence-corrected chi connectivity index (χ0v) is 9.70. The molecule has 0 radical (unpaired) electrons. The first-order valence-electron chi connectivity index (χ1n) is 5.73. The van der Waals surface area contributed by atoms with Crippen LogP contribution in [0.1, 0.15) is 12.5 Å². The molecule has 3 aromatic rings. The van der Waals surface area contributed by atoms with Gasteiger partial charge in [-0.1, -0.05) is 42.3 Å². The Balaban J connectivity index is 2.46. The summed E-state index contributed by atoms with van der Waals surface area (Å²) in [6, 6.07) is 19.2. The van der Waals surface area contributed by atoms with Crippen LogP contribution in [0.3, 0.4) is 0 Å². The molecule has 0 bridgehead atoms. The van der Waals surface area contributed by atoms with E-state index in [1.807, 2.05) is 6.92 Å². The molecule has 17 heavy (non-hydrogen) atoms. The minimum absolute atomic E-state index is 1.11. The van der Waals surface area contributed by atoms with Gasteiger partial charge >= 0.3 is 0 Å². The van der Waals surface area contributed by atoms with E-state index < -0.39 is 0 Å². The first-order chi connectivity index (χ1) is 8.38. The lowest BCUT2D eigenvalue weighted by atomic mass is 10.00. The van der Waals surface area contributed by atoms with E-state index in [9.17, 15) is 0 Å². The largest absolute Gasteiger partial charge is 0.101 e. The van der Waals surface area contributed by atoms with Gasteiger partial charge in [-0.2, -0.15) is 0 Å². The number of fused-ring (bicyclic) bond motifs is 2. The van der Waals surface area contributed by atoms with Gasteiger partial charge in [-0.05, 0) is 46.7 Å². The summed E-state index contributed by atoms with van der Waals surface area (Å²) in [5.74, 6) is 6.14. The molecule has 0 heteroatoms. The number of benzene rings is 3. The second kappa shape index (κ2) is 3.96. The Morgan fingerprint density at radius 1 is 0.765 bits per heavy atom. The second-order valence-corrected chi connectivity index (χ2v) is 4.10. The summed E-state index contributed by atoms with van der Waals surface area (Å²) in [6.45, 7) is 1.87. The Hall–Kier alpha value is -2.26. The lowest BCUT2D eigenvalue weighted by Gasteiger charge is -2.04. The molecule has 0 aromatic heterocycles. The fourth-order valence-electron chi connectivity index (χ4n) is 2.21. The van der Waals surface area contributed by atoms with Gasteiger partial charge in [-0.3, -0.25) is 0 Å². The normalized spacial score (nSPS) is 10.2. The van der Waals surface area contributed by atoms with E-state index in [0.29, 0.717) is 0 Å². The maximum absolute atomic E-state index is 3.17. The standard InChI is InChI=1S/C17H12/c1-2-6-13-9-5-10-16-11-14-7-3-4-8-15(14)12-17(13)16/h3-5,7-12H,1H3. The number of hydrogen-bond acceptors (Lipinski definition) is 0. The van der Waals surface area contributed by atoms with Crippen molar-refractivity contribution in [3.05, 3.63) is 60.2 Å². The predicted octanol–water partition coefficient (Wildman–Crippen LogP) is 4.36. The second-order valence-electron chi connectivity index (χ2n) is 4.10. The molecule has 0 aliphatic carbocycles. The highest BCUT2D eigenvalue weighted by Gasteiger charge is 2.00. The smallest absolute Gasteiger partial charge is 0.0323 e. The molecule has 0 unspecified atom stereocenters. The van der Waals surface area contributed by atoms with Crippen LogP contribution in [0.4, 0.5) is 0 Å². The SMILES string of the molecule is CC#Cc1cccc2cc3ccccc3cc12. The summed E-state index contributed by atoms with van der Waals surface area (Å²) in [7, 11) is 0. The molecule has 80 valence electrons. The van der Waals surface area contributed by atoms with Gasteiger partial charge in [0.1, 0.15) is 0 Å². The van der Waals surface area contributed by atoms with E-state index in [0.717, 1.165) is 5.56 Å². The summed E-state index contributed by atoms with van der Waals surface area (Å²) in [4.78, 5) is 0. The van der Waals surface area contributed by atoms with Crippen LogP contribution in [-0.4, -0.2) is 0 Å². The first kappa shape index (κ1) is 9.93. The van der Waals surface area contributed by atoms with Gasteiger partial charge in [-0.15, -0.1) is 5.92 Å². The summed E-state index contributed by atoms with van der Waals surface area (Å²) in [6.07, 6.45) is 0. The molecule has 3 aromatic carbocycles. The van der Waals surface area contributed by atoms with Crippen LogP contribution >= 0.6 is 0 Å². The minimum atomic E-state index is 1.11. The average molecular weight is 216 g/mol. The average Bonchev–Trinajstić information content (AvgIpc) is 2.37. The van der Waals surface area contributed by atoms with E-state index >= 15 is 0 Å². The molecule has 3 rings (SSSR count). The fourth-order valence-corrected chi connectivity index (χ4v) is 2.21. The van der Waals surface area contributed by atoms with Crippen LogP contribution in [0.25, 0.3) is 21.5 Å². The van der Waals surface area contributed by atoms with Crippen LogP contribution < -0.4 is 0 Å². The lowest BCUT2D eigenvalue weighted by Crippen LogP contribution is -1.81. The van der Waals surface area contributed by atoms with Gasteiger partial charge in [0.05, 0.1) is 0 Å². The molecule has 0 fully saturated rings. The van der Waals surface area contributed by atoms with Gasteiger partial charge in [-0.25, -0.2) is 0 Å². The van der Waals surface area contributed by atoms with Crippen molar-refractivity contribution in [2.75, 3.05) is 0 Å². The first-order valence-corrected chi connectivity index (χ1v) is 5.73. The molecular formula is C17H12. The third kappa shape index (κ3) is 1.66. The van der Waals surface area contributed by atoms with Crippen molar-refractivity contribution < 1.29 is 0 Å². The highest BCUT2D eigenvalue weighted by atomic mass is 14.0. The third-order valence-electron chi connectivity index (χ3n) is 3.01. The summed E-state index contributed by atoms with van der Waals surface area (Å²) >= 11 is 0. The Kier molecular flexibility index (Phi) is 2.31. The fraction of sp³-hybridized carbons (Fsp3) is 0.0588. The molecule has 0 atom stereocenters. The molecule has 0 nitrogen and oxygen atoms in total. The summed E-state index contributed by atoms with van der Waals surface area (Å²) in [5.41, 5.74) is 1.11. The quantitative estimate of drug-likeness (QED) is 0.387. The van der Waals surface area contributed by atoms with Gasteiger partial charge in [0, 0.05) is 5.56 Å². The van der Waals surface area contributed by atoms with Crippen molar-refractivity contribution >= 4 is 21.5 Å². The molecule has 0 spiro atoms. The molecule has 0 heterocycles. The van der Waals surface area contributed by atoms with E-state index in [4.69, 9.17) is 0 Å². The number of hydrogen-bond donors (Lipinski definition) is 0. The highest BCUT2D eigenvalue weighted by molar-refractivity contribution is 6.00. The van der Waals surface area contributed by atoms with Crippen molar-refractivity contribution in [2.45, 2.75) is 6.92 Å². The van der Waals surface area contributed by atoms with Gasteiger partial charge in [0.15, 0.2) is 0 Å². The van der Waals surface area contributed by atoms with E-state index in [1.165, 1.54) is 21.5 Å². The molecule has 0 aliphatic rings. The van der Waals surface area contributed by atoms with Crippen LogP contribution in [0.5, 0.6) is 0 Å². The van der Waals surface area contributed by atoms with E-state index in [-0.39, 0.29) is 0 Å². The van der Waals surface area contributed by atoms with Crippen LogP contribution in [0.2, 0.25) is 0 Å². The monoisotopic (exact) mass is 216 g/mol. The topological polar surface area (TPSA) is 0 Å². The maximum Gasteiger partial charge on any atom is 0.0323 e. The summed E-state index contributed by atoms with van der Waals surface area (Å²) < 4.78 is 0. The van der Waals surface area contributed by atoms with Crippen molar-refractivity contribution in [3.8, 4) is 11.8 Å². The van der Waals surface area contributed by atoms with Gasteiger partial charge in [0.2, 0.25) is 0 Å². The lowest BCUT2D eigenvalue weighted by molar-refractivity contribution is 1.71. The Labute approximate surface area is 101 Å². The highest BCUT2D eigenvalue weighted by Crippen LogP contribution is 2.24. The molecule has 0 amide bonds. The maximum atomic E-state index is 3.17. The van der Waals surface area contributed by atoms with Crippen molar-refractivity contribution in [2.24, 2.45) is 0 Å². The van der Waals surface area contributed by atoms with Crippen molar-refractivity contribution in [1.29, 1.82) is 0 Å². The zero-order chi connectivity index (χ0) is 11.7. The zero-order valence-electron chi connectivity index (χ0n) is 9.70. The van der Waals surface area contributed by atoms with Crippen molar-refractivity contribution in [3.63, 3.8) is 0 Å². The van der Waals surface area contributed by atoms with Crippen LogP contribution in [-0.2, 0) is 0 Å². The molecule has 0 N–H and O–H groups in total. The molecule has 0 saturated heterocycles. The minimum Gasteiger partial charge on any atom is -0.101 e. The Bertz CT molecular complexity index is 755. The van der Waals surface area contributed by atoms with E-state index in [1.54, 1.807) is 0 Å². The van der Waals surface area contributed by atoms with Gasteiger partial charge < -0.3 is 0 Å². The van der Waals surface area contributed by atoms with Crippen LogP contribution in [0, 0.1) is 11.8 Å². The molecular weight excluding hydrogens is 204 g/mol. The predicted molar refractivity (Wildman–Crippen MR) is 74.0 cm³/mol. The van der Waals surface area contributed by atoms with Gasteiger partial charge in [0.25, 0.3) is 0 Å².